The van der Waals surface area contributed by atoms with Crippen molar-refractivity contribution >= 4 is 29.1 Å². The van der Waals surface area contributed by atoms with Crippen molar-refractivity contribution < 1.29 is 0 Å². The SMILES string of the molecule is Cc1c(Cl)cccc1C1=NC(N)N(Cl)C=C1. The summed E-state index contributed by atoms with van der Waals surface area (Å²) in [6.45, 7) is 1.95. The maximum atomic E-state index is 6.05. The highest BCUT2D eigenvalue weighted by Gasteiger charge is 2.15. The third-order valence-electron chi connectivity index (χ3n) is 2.44. The molecule has 0 spiro atoms. The van der Waals surface area contributed by atoms with Gasteiger partial charge in [0.2, 0.25) is 0 Å². The molecular weight excluding hydrogens is 245 g/mol. The smallest absolute Gasteiger partial charge is 0.187 e. The summed E-state index contributed by atoms with van der Waals surface area (Å²) in [5.74, 6) is 0. The lowest BCUT2D eigenvalue weighted by molar-refractivity contribution is 0.452. The molecule has 2 N–H and O–H groups in total. The Morgan fingerprint density at radius 3 is 2.88 bits per heavy atom. The fraction of sp³-hybridized carbons (Fsp3) is 0.182. The Labute approximate surface area is 104 Å². The van der Waals surface area contributed by atoms with Crippen LogP contribution < -0.4 is 5.73 Å². The lowest BCUT2D eigenvalue weighted by Crippen LogP contribution is -2.33. The van der Waals surface area contributed by atoms with Crippen molar-refractivity contribution in [3.05, 3.63) is 46.6 Å². The Hall–Kier alpha value is -1.03. The maximum absolute atomic E-state index is 6.05. The molecule has 0 bridgehead atoms. The van der Waals surface area contributed by atoms with E-state index < -0.39 is 6.29 Å². The van der Waals surface area contributed by atoms with Crippen LogP contribution in [-0.4, -0.2) is 16.4 Å². The van der Waals surface area contributed by atoms with Gasteiger partial charge in [-0.3, -0.25) is 10.2 Å². The minimum absolute atomic E-state index is 0.556. The zero-order valence-electron chi connectivity index (χ0n) is 8.69. The summed E-state index contributed by atoms with van der Waals surface area (Å²) in [4.78, 5) is 4.28. The number of hydrogen-bond acceptors (Lipinski definition) is 3. The highest BCUT2D eigenvalue weighted by atomic mass is 35.5. The van der Waals surface area contributed by atoms with Crippen LogP contribution in [0.25, 0.3) is 0 Å². The Kier molecular flexibility index (Phi) is 3.19. The molecule has 16 heavy (non-hydrogen) atoms. The average molecular weight is 256 g/mol. The van der Waals surface area contributed by atoms with Crippen LogP contribution in [0.3, 0.4) is 0 Å². The van der Waals surface area contributed by atoms with Gasteiger partial charge in [-0.25, -0.2) is 4.99 Å². The molecule has 0 saturated carbocycles. The number of hydrogen-bond donors (Lipinski definition) is 1. The van der Waals surface area contributed by atoms with Gasteiger partial charge in [-0.1, -0.05) is 23.7 Å². The molecule has 0 aliphatic carbocycles. The Morgan fingerprint density at radius 1 is 1.44 bits per heavy atom. The van der Waals surface area contributed by atoms with Gasteiger partial charge in [0, 0.05) is 28.6 Å². The van der Waals surface area contributed by atoms with E-state index in [1.54, 1.807) is 6.20 Å². The molecule has 0 saturated heterocycles. The van der Waals surface area contributed by atoms with Crippen LogP contribution in [0.2, 0.25) is 5.02 Å². The van der Waals surface area contributed by atoms with E-state index in [0.29, 0.717) is 0 Å². The van der Waals surface area contributed by atoms with Crippen LogP contribution >= 0.6 is 23.4 Å². The minimum atomic E-state index is -0.556. The van der Waals surface area contributed by atoms with Crippen molar-refractivity contribution in [1.29, 1.82) is 0 Å². The summed E-state index contributed by atoms with van der Waals surface area (Å²) in [6, 6.07) is 5.70. The second-order valence-corrected chi connectivity index (χ2v) is 4.30. The molecule has 1 heterocycles. The second kappa shape index (κ2) is 4.45. The number of halogens is 2. The molecule has 1 atom stereocenters. The largest absolute Gasteiger partial charge is 0.291 e. The first-order chi connectivity index (χ1) is 7.59. The van der Waals surface area contributed by atoms with Gasteiger partial charge in [0.15, 0.2) is 6.29 Å². The summed E-state index contributed by atoms with van der Waals surface area (Å²) in [6.07, 6.45) is 2.95. The van der Waals surface area contributed by atoms with E-state index in [1.165, 1.54) is 4.42 Å². The van der Waals surface area contributed by atoms with Crippen molar-refractivity contribution in [2.75, 3.05) is 0 Å². The molecule has 1 aromatic rings. The monoisotopic (exact) mass is 255 g/mol. The predicted molar refractivity (Wildman–Crippen MR) is 67.5 cm³/mol. The van der Waals surface area contributed by atoms with E-state index in [1.807, 2.05) is 31.2 Å². The molecule has 0 radical (unpaired) electrons. The average Bonchev–Trinajstić information content (AvgIpc) is 2.26. The first-order valence-corrected chi connectivity index (χ1v) is 5.52. The van der Waals surface area contributed by atoms with Crippen molar-refractivity contribution in [1.82, 2.24) is 4.42 Å². The highest BCUT2D eigenvalue weighted by molar-refractivity contribution is 6.32. The van der Waals surface area contributed by atoms with Crippen LogP contribution in [-0.2, 0) is 0 Å². The zero-order chi connectivity index (χ0) is 11.7. The number of nitrogens with zero attached hydrogens (tertiary/aromatic N) is 2. The molecular formula is C11H11Cl2N3. The molecule has 5 heteroatoms. The van der Waals surface area contributed by atoms with Gasteiger partial charge in [0.05, 0.1) is 5.71 Å². The third kappa shape index (κ3) is 2.07. The van der Waals surface area contributed by atoms with Gasteiger partial charge in [0.1, 0.15) is 0 Å². The molecule has 1 aromatic carbocycles. The Balaban J connectivity index is 2.43. The summed E-state index contributed by atoms with van der Waals surface area (Å²) in [5, 5.41) is 0.718. The van der Waals surface area contributed by atoms with E-state index in [9.17, 15) is 0 Å². The molecule has 84 valence electrons. The molecule has 1 aliphatic heterocycles. The van der Waals surface area contributed by atoms with Crippen molar-refractivity contribution in [3.8, 4) is 0 Å². The van der Waals surface area contributed by atoms with Gasteiger partial charge in [-0.05, 0) is 24.6 Å². The van der Waals surface area contributed by atoms with E-state index >= 15 is 0 Å². The fourth-order valence-electron chi connectivity index (χ4n) is 1.51. The number of benzene rings is 1. The van der Waals surface area contributed by atoms with Crippen LogP contribution in [0.1, 0.15) is 11.1 Å². The number of nitrogens with two attached hydrogens (primary N) is 1. The third-order valence-corrected chi connectivity index (χ3v) is 3.16. The lowest BCUT2D eigenvalue weighted by atomic mass is 10.0. The molecule has 1 unspecified atom stereocenters. The first-order valence-electron chi connectivity index (χ1n) is 4.81. The summed E-state index contributed by atoms with van der Waals surface area (Å²) in [5.41, 5.74) is 8.48. The van der Waals surface area contributed by atoms with Gasteiger partial charge in [0.25, 0.3) is 0 Å². The molecule has 0 fully saturated rings. The maximum Gasteiger partial charge on any atom is 0.187 e. The van der Waals surface area contributed by atoms with Crippen LogP contribution in [0.15, 0.2) is 35.5 Å². The highest BCUT2D eigenvalue weighted by Crippen LogP contribution is 2.21. The van der Waals surface area contributed by atoms with Crippen LogP contribution in [0.4, 0.5) is 0 Å². The van der Waals surface area contributed by atoms with Gasteiger partial charge < -0.3 is 0 Å². The standard InChI is InChI=1S/C11H11Cl2N3/c1-7-8(3-2-4-9(7)12)10-5-6-16(13)11(14)15-10/h2-6,11H,14H2,1H3. The van der Waals surface area contributed by atoms with Crippen LogP contribution in [0, 0.1) is 6.92 Å². The summed E-state index contributed by atoms with van der Waals surface area (Å²) in [7, 11) is 0. The predicted octanol–water partition coefficient (Wildman–Crippen LogP) is 2.66. The first kappa shape index (κ1) is 11.5. The van der Waals surface area contributed by atoms with Crippen molar-refractivity contribution in [3.63, 3.8) is 0 Å². The normalized spacial score (nSPS) is 19.9. The molecule has 0 amide bonds. The topological polar surface area (TPSA) is 41.6 Å². The molecule has 1 aliphatic rings. The summed E-state index contributed by atoms with van der Waals surface area (Å²) < 4.78 is 1.32. The van der Waals surface area contributed by atoms with Gasteiger partial charge >= 0.3 is 0 Å². The van der Waals surface area contributed by atoms with E-state index in [0.717, 1.165) is 21.9 Å². The van der Waals surface area contributed by atoms with Crippen LogP contribution in [0.5, 0.6) is 0 Å². The fourth-order valence-corrected chi connectivity index (χ4v) is 1.79. The lowest BCUT2D eigenvalue weighted by Gasteiger charge is -2.21. The zero-order valence-corrected chi connectivity index (χ0v) is 10.2. The van der Waals surface area contributed by atoms with E-state index in [4.69, 9.17) is 29.1 Å². The minimum Gasteiger partial charge on any atom is -0.291 e. The molecule has 2 rings (SSSR count). The quantitative estimate of drug-likeness (QED) is 0.785. The second-order valence-electron chi connectivity index (χ2n) is 3.50. The Morgan fingerprint density at radius 2 is 2.19 bits per heavy atom. The summed E-state index contributed by atoms with van der Waals surface area (Å²) >= 11 is 11.8. The Bertz CT molecular complexity index is 468. The van der Waals surface area contributed by atoms with Gasteiger partial charge in [-0.15, -0.1) is 0 Å². The number of rotatable bonds is 1. The molecule has 3 nitrogen and oxygen atoms in total. The van der Waals surface area contributed by atoms with Gasteiger partial charge in [-0.2, -0.15) is 0 Å². The van der Waals surface area contributed by atoms with E-state index in [2.05, 4.69) is 4.99 Å². The number of aliphatic imine (C=N–C) groups is 1. The number of allylic oxidation sites excluding steroid dienone is 1. The molecule has 0 aromatic heterocycles. The van der Waals surface area contributed by atoms with Crippen molar-refractivity contribution in [2.45, 2.75) is 13.2 Å². The van der Waals surface area contributed by atoms with E-state index in [-0.39, 0.29) is 0 Å². The van der Waals surface area contributed by atoms with Crippen molar-refractivity contribution in [2.24, 2.45) is 10.7 Å².